The van der Waals surface area contributed by atoms with E-state index in [0.29, 0.717) is 16.9 Å². The van der Waals surface area contributed by atoms with Gasteiger partial charge in [-0.05, 0) is 36.4 Å². The average molecular weight is 369 g/mol. The number of aromatic nitrogens is 3. The van der Waals surface area contributed by atoms with Gasteiger partial charge < -0.3 is 9.15 Å². The lowest BCUT2D eigenvalue weighted by Gasteiger charge is -2.00. The Morgan fingerprint density at radius 1 is 1.12 bits per heavy atom. The molecule has 2 heterocycles. The number of hydrogen-bond donors (Lipinski definition) is 0. The van der Waals surface area contributed by atoms with E-state index in [9.17, 15) is 9.18 Å². The molecule has 1 aromatic carbocycles. The predicted octanol–water partition coefficient (Wildman–Crippen LogP) is 3.22. The van der Waals surface area contributed by atoms with E-state index in [-0.39, 0.29) is 12.2 Å². The van der Waals surface area contributed by atoms with Crippen molar-refractivity contribution in [2.24, 2.45) is 0 Å². The molecule has 0 aliphatic carbocycles. The molecule has 130 valence electrons. The maximum atomic E-state index is 12.8. The van der Waals surface area contributed by atoms with Crippen molar-refractivity contribution in [1.82, 2.24) is 15.2 Å². The minimum Gasteiger partial charge on any atom is -0.449 e. The smallest absolute Gasteiger partial charge is 0.339 e. The van der Waals surface area contributed by atoms with Crippen molar-refractivity contribution in [3.8, 4) is 23.3 Å². The van der Waals surface area contributed by atoms with Gasteiger partial charge in [0.2, 0.25) is 5.89 Å². The van der Waals surface area contributed by atoms with E-state index < -0.39 is 11.8 Å². The third-order valence-electron chi connectivity index (χ3n) is 3.08. The minimum absolute atomic E-state index is 0.0527. The van der Waals surface area contributed by atoms with Crippen LogP contribution in [0.4, 0.5) is 4.39 Å². The number of ether oxygens (including phenoxy) is 1. The highest BCUT2D eigenvalue weighted by atomic mass is 32.2. The molecule has 0 saturated carbocycles. The van der Waals surface area contributed by atoms with Crippen LogP contribution in [0, 0.1) is 17.7 Å². The number of nitrogens with zero attached hydrogens (tertiary/aromatic N) is 3. The third kappa shape index (κ3) is 4.91. The Balaban J connectivity index is 1.42. The van der Waals surface area contributed by atoms with Gasteiger partial charge >= 0.3 is 5.97 Å². The summed E-state index contributed by atoms with van der Waals surface area (Å²) in [6.45, 7) is -0.0527. The van der Waals surface area contributed by atoms with Gasteiger partial charge in [0, 0.05) is 18.0 Å². The SMILES string of the molecule is O=C(OCC#CCSc1nnc(-c2ccncc2)o1)c1ccc(F)cc1. The summed E-state index contributed by atoms with van der Waals surface area (Å²) in [6.07, 6.45) is 3.29. The van der Waals surface area contributed by atoms with Crippen LogP contribution >= 0.6 is 11.8 Å². The average Bonchev–Trinajstić information content (AvgIpc) is 3.14. The molecule has 3 rings (SSSR count). The second kappa shape index (κ2) is 8.78. The van der Waals surface area contributed by atoms with Gasteiger partial charge in [0.15, 0.2) is 6.61 Å². The van der Waals surface area contributed by atoms with E-state index in [1.54, 1.807) is 24.5 Å². The fourth-order valence-electron chi connectivity index (χ4n) is 1.85. The summed E-state index contributed by atoms with van der Waals surface area (Å²) in [5.74, 6) is 5.42. The van der Waals surface area contributed by atoms with Gasteiger partial charge in [0.1, 0.15) is 5.82 Å². The number of rotatable bonds is 5. The largest absolute Gasteiger partial charge is 0.449 e. The van der Waals surface area contributed by atoms with Crippen LogP contribution in [-0.2, 0) is 4.74 Å². The molecule has 2 aromatic heterocycles. The van der Waals surface area contributed by atoms with Gasteiger partial charge in [0.05, 0.1) is 11.3 Å². The highest BCUT2D eigenvalue weighted by Gasteiger charge is 2.08. The molecular weight excluding hydrogens is 357 g/mol. The highest BCUT2D eigenvalue weighted by molar-refractivity contribution is 7.99. The van der Waals surface area contributed by atoms with Crippen molar-refractivity contribution in [2.45, 2.75) is 5.22 Å². The maximum Gasteiger partial charge on any atom is 0.339 e. The summed E-state index contributed by atoms with van der Waals surface area (Å²) in [4.78, 5) is 15.6. The molecule has 6 nitrogen and oxygen atoms in total. The number of esters is 1. The van der Waals surface area contributed by atoms with Gasteiger partial charge in [-0.2, -0.15) is 0 Å². The first-order valence-corrected chi connectivity index (χ1v) is 8.46. The molecule has 0 N–H and O–H groups in total. The Labute approximate surface area is 152 Å². The Morgan fingerprint density at radius 2 is 1.88 bits per heavy atom. The molecule has 3 aromatic rings. The van der Waals surface area contributed by atoms with Gasteiger partial charge in [-0.15, -0.1) is 10.2 Å². The van der Waals surface area contributed by atoms with E-state index in [0.717, 1.165) is 5.56 Å². The van der Waals surface area contributed by atoms with Crippen LogP contribution < -0.4 is 0 Å². The summed E-state index contributed by atoms with van der Waals surface area (Å²) in [6, 6.07) is 8.66. The minimum atomic E-state index is -0.550. The second-order valence-corrected chi connectivity index (χ2v) is 5.76. The molecular formula is C18H12FN3O3S. The number of carbonyl (C=O) groups excluding carboxylic acids is 1. The molecule has 0 aliphatic rings. The first-order chi connectivity index (χ1) is 12.7. The first-order valence-electron chi connectivity index (χ1n) is 7.47. The van der Waals surface area contributed by atoms with Crippen LogP contribution in [0.25, 0.3) is 11.5 Å². The van der Waals surface area contributed by atoms with E-state index in [4.69, 9.17) is 9.15 Å². The van der Waals surface area contributed by atoms with Crippen LogP contribution in [0.15, 0.2) is 58.4 Å². The lowest BCUT2D eigenvalue weighted by Crippen LogP contribution is -2.05. The monoisotopic (exact) mass is 369 g/mol. The molecule has 0 fully saturated rings. The quantitative estimate of drug-likeness (QED) is 0.388. The summed E-state index contributed by atoms with van der Waals surface area (Å²) >= 11 is 1.28. The van der Waals surface area contributed by atoms with Gasteiger partial charge in [-0.3, -0.25) is 4.98 Å². The van der Waals surface area contributed by atoms with Crippen molar-refractivity contribution in [1.29, 1.82) is 0 Å². The Bertz CT molecular complexity index is 934. The molecule has 26 heavy (non-hydrogen) atoms. The number of carbonyl (C=O) groups is 1. The Hall–Kier alpha value is -3.18. The zero-order valence-electron chi connectivity index (χ0n) is 13.4. The zero-order chi connectivity index (χ0) is 18.2. The molecule has 0 aliphatic heterocycles. The number of halogens is 1. The lowest BCUT2D eigenvalue weighted by atomic mass is 10.2. The van der Waals surface area contributed by atoms with Crippen LogP contribution in [0.3, 0.4) is 0 Å². The van der Waals surface area contributed by atoms with Crippen molar-refractivity contribution in [2.75, 3.05) is 12.4 Å². The fraction of sp³-hybridized carbons (Fsp3) is 0.111. The summed E-state index contributed by atoms with van der Waals surface area (Å²) in [5, 5.41) is 8.28. The van der Waals surface area contributed by atoms with Crippen molar-refractivity contribution >= 4 is 17.7 Å². The summed E-state index contributed by atoms with van der Waals surface area (Å²) in [5.41, 5.74) is 1.07. The number of thioether (sulfide) groups is 1. The zero-order valence-corrected chi connectivity index (χ0v) is 14.2. The molecule has 0 amide bonds. The molecule has 0 spiro atoms. The van der Waals surface area contributed by atoms with Crippen molar-refractivity contribution in [3.05, 3.63) is 60.2 Å². The van der Waals surface area contributed by atoms with Crippen LogP contribution in [0.5, 0.6) is 0 Å². The van der Waals surface area contributed by atoms with Gasteiger partial charge in [-0.1, -0.05) is 23.6 Å². The third-order valence-corrected chi connectivity index (χ3v) is 3.78. The number of benzene rings is 1. The Kier molecular flexibility index (Phi) is 5.96. The van der Waals surface area contributed by atoms with Crippen LogP contribution in [0.2, 0.25) is 0 Å². The van der Waals surface area contributed by atoms with Crippen LogP contribution in [0.1, 0.15) is 10.4 Å². The summed E-state index contributed by atoms with van der Waals surface area (Å²) in [7, 11) is 0. The van der Waals surface area contributed by atoms with E-state index in [2.05, 4.69) is 27.0 Å². The molecule has 0 saturated heterocycles. The lowest BCUT2D eigenvalue weighted by molar-refractivity contribution is 0.0556. The fourth-order valence-corrected chi connectivity index (χ4v) is 2.38. The normalized spacial score (nSPS) is 10.0. The number of hydrogen-bond acceptors (Lipinski definition) is 7. The van der Waals surface area contributed by atoms with Crippen molar-refractivity contribution in [3.63, 3.8) is 0 Å². The Morgan fingerprint density at radius 3 is 2.65 bits per heavy atom. The van der Waals surface area contributed by atoms with Gasteiger partial charge in [-0.25, -0.2) is 9.18 Å². The standard InChI is InChI=1S/C18H12FN3O3S/c19-15-5-3-14(4-6-15)17(23)24-11-1-2-12-26-18-22-21-16(25-18)13-7-9-20-10-8-13/h3-10H,11-12H2. The highest BCUT2D eigenvalue weighted by Crippen LogP contribution is 2.21. The molecule has 0 atom stereocenters. The first kappa shape index (κ1) is 17.6. The number of pyridine rings is 1. The van der Waals surface area contributed by atoms with Crippen molar-refractivity contribution < 1.29 is 18.3 Å². The van der Waals surface area contributed by atoms with E-state index in [1.165, 1.54) is 36.0 Å². The maximum absolute atomic E-state index is 12.8. The predicted molar refractivity (Wildman–Crippen MR) is 92.7 cm³/mol. The van der Waals surface area contributed by atoms with E-state index >= 15 is 0 Å². The molecule has 0 radical (unpaired) electrons. The van der Waals surface area contributed by atoms with E-state index in [1.807, 2.05) is 0 Å². The summed E-state index contributed by atoms with van der Waals surface area (Å²) < 4.78 is 23.3. The van der Waals surface area contributed by atoms with Gasteiger partial charge in [0.25, 0.3) is 5.22 Å². The van der Waals surface area contributed by atoms with Crippen LogP contribution in [-0.4, -0.2) is 33.5 Å². The molecule has 0 unspecified atom stereocenters. The molecule has 8 heteroatoms. The molecule has 0 bridgehead atoms. The second-order valence-electron chi connectivity index (χ2n) is 4.83. The topological polar surface area (TPSA) is 78.1 Å².